The monoisotopic (exact) mass is 542 g/mol. The summed E-state index contributed by atoms with van der Waals surface area (Å²) < 4.78 is 183. The lowest BCUT2D eigenvalue weighted by molar-refractivity contribution is -0.440. The van der Waals surface area contributed by atoms with Gasteiger partial charge in [-0.3, -0.25) is 0 Å². The van der Waals surface area contributed by atoms with E-state index in [1.54, 1.807) is 13.1 Å². The average molecular weight is 543 g/mol. The van der Waals surface area contributed by atoms with E-state index in [2.05, 4.69) is 0 Å². The molecule has 0 rings (SSSR count). The number of hydrogen-bond acceptors (Lipinski definition) is 2. The van der Waals surface area contributed by atoms with Gasteiger partial charge in [0.05, 0.1) is 0 Å². The van der Waals surface area contributed by atoms with Gasteiger partial charge in [0.15, 0.2) is 26.2 Å². The highest BCUT2D eigenvalue weighted by Crippen LogP contribution is 2.62. The lowest BCUT2D eigenvalue weighted by Crippen LogP contribution is -2.72. The van der Waals surface area contributed by atoms with E-state index in [1.165, 1.54) is 0 Å². The second kappa shape index (κ2) is 8.67. The molecule has 0 aromatic heterocycles. The minimum Gasteiger partial charge on any atom is -0.464 e. The Morgan fingerprint density at radius 2 is 1.13 bits per heavy atom. The molecule has 0 radical (unpaired) electrons. The maximum atomic E-state index is 14.4. The van der Waals surface area contributed by atoms with Crippen LogP contribution in [-0.2, 0) is 8.23 Å². The lowest BCUT2D eigenvalue weighted by atomic mass is 9.93. The van der Waals surface area contributed by atoms with Crippen molar-refractivity contribution >= 4 is 36.6 Å². The molecular weight excluding hydrogens is 523 g/mol. The fourth-order valence-corrected chi connectivity index (χ4v) is 16.4. The van der Waals surface area contributed by atoms with Gasteiger partial charge in [0, 0.05) is 5.54 Å². The Bertz CT molecular complexity index is 598. The van der Waals surface area contributed by atoms with Crippen molar-refractivity contribution in [1.29, 1.82) is 0 Å². The van der Waals surface area contributed by atoms with E-state index in [0.717, 1.165) is 6.55 Å². The first-order valence-electron chi connectivity index (χ1n) is 8.01. The molecule has 0 bridgehead atoms. The molecule has 0 aromatic rings. The molecule has 0 aliphatic rings. The quantitative estimate of drug-likeness (QED) is 0.311. The SMILES string of the molecule is CC(C(F)(F)C(F)(F)C(F)(F)C(F)(F)C(F)(F)C(F)(F)F)[Si](C)(O[SiH3])[SiH2]O[SiH](C)C. The Balaban J connectivity index is 6.41. The van der Waals surface area contributed by atoms with Crippen molar-refractivity contribution in [3.8, 4) is 0 Å². The zero-order chi connectivity index (χ0) is 24.8. The molecule has 0 saturated heterocycles. The highest BCUT2D eigenvalue weighted by molar-refractivity contribution is 7.21. The molecule has 0 N–H and O–H groups in total. The van der Waals surface area contributed by atoms with Crippen molar-refractivity contribution < 1.29 is 65.3 Å². The van der Waals surface area contributed by atoms with Crippen LogP contribution in [0.2, 0.25) is 25.2 Å². The third-order valence-electron chi connectivity index (χ3n) is 4.59. The molecule has 0 aliphatic heterocycles. The van der Waals surface area contributed by atoms with E-state index in [9.17, 15) is 57.1 Å². The normalized spacial score (nSPS) is 19.0. The highest BCUT2D eigenvalue weighted by atomic mass is 29.2. The molecule has 0 heterocycles. The zero-order valence-electron chi connectivity index (χ0n) is 16.1. The summed E-state index contributed by atoms with van der Waals surface area (Å²) in [7, 11) is -8.53. The molecule has 0 saturated carbocycles. The summed E-state index contributed by atoms with van der Waals surface area (Å²) in [6.07, 6.45) is -7.42. The van der Waals surface area contributed by atoms with Crippen LogP contribution in [0.3, 0.4) is 0 Å². The number of halogens is 13. The van der Waals surface area contributed by atoms with Crippen LogP contribution in [0.25, 0.3) is 0 Å². The molecular formula is C11H19F13O2Si4. The van der Waals surface area contributed by atoms with E-state index in [4.69, 9.17) is 8.23 Å². The highest BCUT2D eigenvalue weighted by Gasteiger charge is 2.91. The van der Waals surface area contributed by atoms with Gasteiger partial charge in [0.2, 0.25) is 0 Å². The molecule has 2 unspecified atom stereocenters. The summed E-state index contributed by atoms with van der Waals surface area (Å²) in [4.78, 5) is 0. The second-order valence-corrected chi connectivity index (χ2v) is 20.9. The van der Waals surface area contributed by atoms with Crippen LogP contribution < -0.4 is 0 Å². The third-order valence-corrected chi connectivity index (χ3v) is 22.1. The summed E-state index contributed by atoms with van der Waals surface area (Å²) in [5.74, 6) is -36.8. The van der Waals surface area contributed by atoms with Crippen molar-refractivity contribution in [2.45, 2.75) is 67.9 Å². The van der Waals surface area contributed by atoms with Crippen LogP contribution in [0, 0.1) is 0 Å². The van der Waals surface area contributed by atoms with Gasteiger partial charge in [-0.1, -0.05) is 6.92 Å². The summed E-state index contributed by atoms with van der Waals surface area (Å²) in [6.45, 7) is 4.28. The summed E-state index contributed by atoms with van der Waals surface area (Å²) in [6, 6.07) is 0. The van der Waals surface area contributed by atoms with Gasteiger partial charge in [-0.25, -0.2) is 0 Å². The maximum Gasteiger partial charge on any atom is 0.460 e. The van der Waals surface area contributed by atoms with Crippen LogP contribution in [0.1, 0.15) is 6.92 Å². The molecule has 19 heteroatoms. The Morgan fingerprint density at radius 3 is 1.43 bits per heavy atom. The minimum atomic E-state index is -7.89. The smallest absolute Gasteiger partial charge is 0.460 e. The minimum absolute atomic E-state index is 0.270. The van der Waals surface area contributed by atoms with Gasteiger partial charge in [0.25, 0.3) is 0 Å². The molecule has 0 aromatic carbocycles. The van der Waals surface area contributed by atoms with Crippen molar-refractivity contribution in [3.05, 3.63) is 0 Å². The molecule has 2 atom stereocenters. The molecule has 0 spiro atoms. The fourth-order valence-electron chi connectivity index (χ4n) is 2.13. The van der Waals surface area contributed by atoms with Gasteiger partial charge >= 0.3 is 35.8 Å². The first kappa shape index (κ1) is 29.9. The van der Waals surface area contributed by atoms with Crippen LogP contribution >= 0.6 is 0 Å². The zero-order valence-corrected chi connectivity index (χ0v) is 21.7. The molecule has 0 amide bonds. The van der Waals surface area contributed by atoms with Crippen LogP contribution in [0.15, 0.2) is 0 Å². The molecule has 2 nitrogen and oxygen atoms in total. The third kappa shape index (κ3) is 4.64. The predicted molar refractivity (Wildman–Crippen MR) is 91.4 cm³/mol. The first-order chi connectivity index (χ1) is 12.9. The number of alkyl halides is 13. The number of hydrogen-bond donors (Lipinski definition) is 0. The molecule has 0 aliphatic carbocycles. The maximum absolute atomic E-state index is 14.4. The Kier molecular flexibility index (Phi) is 8.63. The van der Waals surface area contributed by atoms with Crippen LogP contribution in [-0.4, -0.2) is 72.4 Å². The van der Waals surface area contributed by atoms with E-state index in [1.807, 2.05) is 0 Å². The summed E-state index contributed by atoms with van der Waals surface area (Å²) in [5, 5.41) is 0. The van der Waals surface area contributed by atoms with Gasteiger partial charge in [-0.05, 0) is 19.6 Å². The molecule has 0 fully saturated rings. The summed E-state index contributed by atoms with van der Waals surface area (Å²) in [5.41, 5.74) is -2.86. The largest absolute Gasteiger partial charge is 0.464 e. The Hall–Kier alpha value is -0.122. The topological polar surface area (TPSA) is 18.5 Å². The molecule has 30 heavy (non-hydrogen) atoms. The Labute approximate surface area is 170 Å². The van der Waals surface area contributed by atoms with Crippen molar-refractivity contribution in [2.24, 2.45) is 0 Å². The van der Waals surface area contributed by atoms with Gasteiger partial charge < -0.3 is 8.23 Å². The Morgan fingerprint density at radius 1 is 0.767 bits per heavy atom. The van der Waals surface area contributed by atoms with E-state index in [-0.39, 0.29) is 17.4 Å². The van der Waals surface area contributed by atoms with E-state index in [0.29, 0.717) is 0 Å². The average Bonchev–Trinajstić information content (AvgIpc) is 2.57. The first-order valence-corrected chi connectivity index (χ1v) is 17.0. The van der Waals surface area contributed by atoms with Crippen LogP contribution in [0.5, 0.6) is 0 Å². The van der Waals surface area contributed by atoms with Crippen molar-refractivity contribution in [1.82, 2.24) is 0 Å². The second-order valence-electron chi connectivity index (χ2n) is 7.02. The fraction of sp³-hybridized carbons (Fsp3) is 1.00. The van der Waals surface area contributed by atoms with E-state index < -0.39 is 67.5 Å². The van der Waals surface area contributed by atoms with Crippen LogP contribution in [0.4, 0.5) is 57.1 Å². The molecule has 182 valence electrons. The van der Waals surface area contributed by atoms with E-state index >= 15 is 0 Å². The standard InChI is InChI=1S/C11H19F13O2Si4/c1-5(30(4,25-27)28-26-29(2)3)6(12,13)7(14,15)8(16,17)9(18,19)10(20,21)11(22,23)24/h5,29H,28H2,1-4,27H3. The van der Waals surface area contributed by atoms with Crippen molar-refractivity contribution in [3.63, 3.8) is 0 Å². The predicted octanol–water partition coefficient (Wildman–Crippen LogP) is 3.57. The number of rotatable bonds is 10. The van der Waals surface area contributed by atoms with Gasteiger partial charge in [0.1, 0.15) is 10.5 Å². The summed E-state index contributed by atoms with van der Waals surface area (Å²) >= 11 is 0. The van der Waals surface area contributed by atoms with Gasteiger partial charge in [-0.15, -0.1) is 0 Å². The van der Waals surface area contributed by atoms with Crippen molar-refractivity contribution in [2.75, 3.05) is 0 Å². The van der Waals surface area contributed by atoms with Gasteiger partial charge in [-0.2, -0.15) is 57.1 Å². The lowest BCUT2D eigenvalue weighted by Gasteiger charge is -2.44.